The number of hydrogen-bond acceptors (Lipinski definition) is 5. The number of fused-ring (bicyclic) bond motifs is 1. The van der Waals surface area contributed by atoms with E-state index in [0.717, 1.165) is 40.5 Å². The Labute approximate surface area is 181 Å². The lowest BCUT2D eigenvalue weighted by molar-refractivity contribution is -0.125. The Balaban J connectivity index is 1.60. The van der Waals surface area contributed by atoms with Crippen LogP contribution in [-0.2, 0) is 10.5 Å². The van der Waals surface area contributed by atoms with Crippen molar-refractivity contribution < 1.29 is 9.53 Å². The first-order valence-corrected chi connectivity index (χ1v) is 11.6. The van der Waals surface area contributed by atoms with Gasteiger partial charge in [0.05, 0.1) is 24.3 Å². The van der Waals surface area contributed by atoms with Gasteiger partial charge in [-0.1, -0.05) is 43.7 Å². The first kappa shape index (κ1) is 20.7. The summed E-state index contributed by atoms with van der Waals surface area (Å²) in [5.41, 5.74) is 2.96. The van der Waals surface area contributed by atoms with Crippen molar-refractivity contribution in [1.29, 1.82) is 0 Å². The van der Waals surface area contributed by atoms with Crippen LogP contribution in [-0.4, -0.2) is 33.6 Å². The molecule has 1 fully saturated rings. The van der Waals surface area contributed by atoms with Crippen LogP contribution in [0.3, 0.4) is 0 Å². The minimum Gasteiger partial charge on any atom is -0.497 e. The highest BCUT2D eigenvalue weighted by Gasteiger charge is 2.27. The maximum atomic E-state index is 13.2. The van der Waals surface area contributed by atoms with Gasteiger partial charge >= 0.3 is 0 Å². The SMILES string of the molecule is CC[C@@H](C(=O)NC1CCCC1)n1c(SCc2ccc(OC)cc2)nc2ccncc21. The second kappa shape index (κ2) is 9.51. The second-order valence-electron chi connectivity index (χ2n) is 7.68. The average molecular weight is 425 g/mol. The summed E-state index contributed by atoms with van der Waals surface area (Å²) in [5, 5.41) is 4.11. The van der Waals surface area contributed by atoms with Crippen molar-refractivity contribution in [3.63, 3.8) is 0 Å². The van der Waals surface area contributed by atoms with Crippen LogP contribution in [0.25, 0.3) is 11.0 Å². The van der Waals surface area contributed by atoms with Gasteiger partial charge in [0.25, 0.3) is 0 Å². The molecule has 1 amide bonds. The summed E-state index contributed by atoms with van der Waals surface area (Å²) >= 11 is 1.65. The van der Waals surface area contributed by atoms with Crippen LogP contribution in [0.5, 0.6) is 5.75 Å². The highest BCUT2D eigenvalue weighted by atomic mass is 32.2. The highest BCUT2D eigenvalue weighted by molar-refractivity contribution is 7.98. The fraction of sp³-hybridized carbons (Fsp3) is 0.435. The summed E-state index contributed by atoms with van der Waals surface area (Å²) in [6, 6.07) is 9.96. The molecule has 1 saturated carbocycles. The van der Waals surface area contributed by atoms with E-state index in [4.69, 9.17) is 9.72 Å². The van der Waals surface area contributed by atoms with Crippen molar-refractivity contribution in [2.75, 3.05) is 7.11 Å². The molecule has 3 aromatic rings. The Morgan fingerprint density at radius 2 is 2.03 bits per heavy atom. The van der Waals surface area contributed by atoms with Gasteiger partial charge in [0.2, 0.25) is 5.91 Å². The van der Waals surface area contributed by atoms with Crippen molar-refractivity contribution in [2.45, 2.75) is 62.0 Å². The monoisotopic (exact) mass is 424 g/mol. The van der Waals surface area contributed by atoms with E-state index >= 15 is 0 Å². The molecule has 158 valence electrons. The second-order valence-corrected chi connectivity index (χ2v) is 8.62. The number of carbonyl (C=O) groups is 1. The normalized spacial score (nSPS) is 15.4. The van der Waals surface area contributed by atoms with Crippen LogP contribution in [0.1, 0.15) is 50.6 Å². The van der Waals surface area contributed by atoms with Crippen LogP contribution < -0.4 is 10.1 Å². The van der Waals surface area contributed by atoms with Gasteiger partial charge in [0.15, 0.2) is 5.16 Å². The smallest absolute Gasteiger partial charge is 0.243 e. The first-order chi connectivity index (χ1) is 14.7. The number of rotatable bonds is 8. The maximum absolute atomic E-state index is 13.2. The quantitative estimate of drug-likeness (QED) is 0.529. The molecule has 0 bridgehead atoms. The lowest BCUT2D eigenvalue weighted by Crippen LogP contribution is -2.38. The maximum Gasteiger partial charge on any atom is 0.243 e. The number of aromatic nitrogens is 3. The van der Waals surface area contributed by atoms with Gasteiger partial charge in [-0.2, -0.15) is 0 Å². The third kappa shape index (κ3) is 4.46. The van der Waals surface area contributed by atoms with Gasteiger partial charge in [0, 0.05) is 18.0 Å². The Morgan fingerprint density at radius 1 is 1.27 bits per heavy atom. The number of benzene rings is 1. The molecule has 0 spiro atoms. The Bertz CT molecular complexity index is 996. The van der Waals surface area contributed by atoms with E-state index in [2.05, 4.69) is 33.9 Å². The summed E-state index contributed by atoms with van der Waals surface area (Å²) in [5.74, 6) is 1.69. The van der Waals surface area contributed by atoms with Gasteiger partial charge < -0.3 is 14.6 Å². The standard InChI is InChI=1S/C23H28N4O2S/c1-3-20(22(28)25-17-6-4-5-7-17)27-21-14-24-13-12-19(21)26-23(27)30-15-16-8-10-18(29-2)11-9-16/h8-14,17,20H,3-7,15H2,1-2H3,(H,25,28)/t20-/m0/s1. The van der Waals surface area contributed by atoms with Gasteiger partial charge in [-0.15, -0.1) is 0 Å². The van der Waals surface area contributed by atoms with E-state index in [0.29, 0.717) is 12.5 Å². The topological polar surface area (TPSA) is 69.0 Å². The number of nitrogens with zero attached hydrogens (tertiary/aromatic N) is 3. The van der Waals surface area contributed by atoms with Gasteiger partial charge in [-0.05, 0) is 43.0 Å². The molecule has 1 atom stereocenters. The lowest BCUT2D eigenvalue weighted by atomic mass is 10.1. The van der Waals surface area contributed by atoms with E-state index < -0.39 is 0 Å². The molecule has 1 aliphatic rings. The molecule has 1 aliphatic carbocycles. The molecule has 0 radical (unpaired) electrons. The minimum absolute atomic E-state index is 0.0823. The Hall–Kier alpha value is -2.54. The predicted molar refractivity (Wildman–Crippen MR) is 120 cm³/mol. The number of hydrogen-bond donors (Lipinski definition) is 1. The van der Waals surface area contributed by atoms with E-state index in [1.165, 1.54) is 18.4 Å². The fourth-order valence-corrected chi connectivity index (χ4v) is 5.06. The number of methoxy groups -OCH3 is 1. The number of nitrogens with one attached hydrogen (secondary N) is 1. The van der Waals surface area contributed by atoms with Crippen molar-refractivity contribution in [1.82, 2.24) is 19.9 Å². The zero-order valence-electron chi connectivity index (χ0n) is 17.5. The van der Waals surface area contributed by atoms with Crippen LogP contribution in [0.4, 0.5) is 0 Å². The van der Waals surface area contributed by atoms with E-state index in [-0.39, 0.29) is 11.9 Å². The highest BCUT2D eigenvalue weighted by Crippen LogP contribution is 2.31. The summed E-state index contributed by atoms with van der Waals surface area (Å²) in [6.45, 7) is 2.05. The number of thioether (sulfide) groups is 1. The third-order valence-electron chi connectivity index (χ3n) is 5.69. The molecule has 0 aliphatic heterocycles. The van der Waals surface area contributed by atoms with Gasteiger partial charge in [0.1, 0.15) is 11.8 Å². The van der Waals surface area contributed by atoms with Crippen LogP contribution in [0.2, 0.25) is 0 Å². The van der Waals surface area contributed by atoms with Gasteiger partial charge in [-0.25, -0.2) is 4.98 Å². The number of imidazole rings is 1. The van der Waals surface area contributed by atoms with Crippen LogP contribution in [0.15, 0.2) is 47.9 Å². The summed E-state index contributed by atoms with van der Waals surface area (Å²) < 4.78 is 7.31. The molecule has 2 aromatic heterocycles. The molecule has 6 nitrogen and oxygen atoms in total. The largest absolute Gasteiger partial charge is 0.497 e. The van der Waals surface area contributed by atoms with Crippen LogP contribution >= 0.6 is 11.8 Å². The van der Waals surface area contributed by atoms with Crippen molar-refractivity contribution in [3.05, 3.63) is 48.3 Å². The molecular formula is C23H28N4O2S. The number of pyridine rings is 1. The molecule has 1 aromatic carbocycles. The van der Waals surface area contributed by atoms with Crippen molar-refractivity contribution in [2.24, 2.45) is 0 Å². The lowest BCUT2D eigenvalue weighted by Gasteiger charge is -2.22. The molecular weight excluding hydrogens is 396 g/mol. The summed E-state index contributed by atoms with van der Waals surface area (Å²) in [7, 11) is 1.67. The summed E-state index contributed by atoms with van der Waals surface area (Å²) in [4.78, 5) is 22.3. The van der Waals surface area contributed by atoms with Crippen molar-refractivity contribution >= 4 is 28.7 Å². The Morgan fingerprint density at radius 3 is 2.73 bits per heavy atom. The van der Waals surface area contributed by atoms with E-state index in [1.807, 2.05) is 24.4 Å². The summed E-state index contributed by atoms with van der Waals surface area (Å²) in [6.07, 6.45) is 8.81. The first-order valence-electron chi connectivity index (χ1n) is 10.6. The molecule has 4 rings (SSSR count). The molecule has 0 saturated heterocycles. The average Bonchev–Trinajstić information content (AvgIpc) is 3.41. The van der Waals surface area contributed by atoms with E-state index in [9.17, 15) is 4.79 Å². The fourth-order valence-electron chi connectivity index (χ4n) is 4.04. The number of amides is 1. The minimum atomic E-state index is -0.293. The number of carbonyl (C=O) groups excluding carboxylic acids is 1. The molecule has 0 unspecified atom stereocenters. The van der Waals surface area contributed by atoms with E-state index in [1.54, 1.807) is 25.1 Å². The molecule has 1 N–H and O–H groups in total. The van der Waals surface area contributed by atoms with Crippen LogP contribution in [0, 0.1) is 0 Å². The molecule has 7 heteroatoms. The molecule has 2 heterocycles. The number of ether oxygens (including phenoxy) is 1. The third-order valence-corrected chi connectivity index (χ3v) is 6.71. The zero-order valence-corrected chi connectivity index (χ0v) is 18.3. The zero-order chi connectivity index (χ0) is 20.9. The van der Waals surface area contributed by atoms with Crippen molar-refractivity contribution in [3.8, 4) is 5.75 Å². The van der Waals surface area contributed by atoms with Gasteiger partial charge in [-0.3, -0.25) is 9.78 Å². The Kier molecular flexibility index (Phi) is 6.57. The predicted octanol–water partition coefficient (Wildman–Crippen LogP) is 4.74. The molecule has 30 heavy (non-hydrogen) atoms.